The molecule has 1 aromatic rings. The number of hydrogen-bond acceptors (Lipinski definition) is 9. The molecule has 3 rings (SSSR count). The predicted molar refractivity (Wildman–Crippen MR) is 129 cm³/mol. The summed E-state index contributed by atoms with van der Waals surface area (Å²) in [7, 11) is 2.69. The molecule has 1 aromatic carbocycles. The summed E-state index contributed by atoms with van der Waals surface area (Å²) in [6, 6.07) is 4.76. The Bertz CT molecular complexity index is 1050. The van der Waals surface area contributed by atoms with Gasteiger partial charge in [0, 0.05) is 28.6 Å². The van der Waals surface area contributed by atoms with Gasteiger partial charge in [0.2, 0.25) is 0 Å². The van der Waals surface area contributed by atoms with Crippen molar-refractivity contribution in [1.29, 1.82) is 0 Å². The van der Waals surface area contributed by atoms with E-state index in [1.807, 2.05) is 13.8 Å². The molecular weight excluding hydrogens is 458 g/mol. The Labute approximate surface area is 203 Å². The number of carbonyl (C=O) groups excluding carboxylic acids is 3. The van der Waals surface area contributed by atoms with Crippen molar-refractivity contribution in [3.63, 3.8) is 0 Å². The van der Waals surface area contributed by atoms with E-state index in [0.29, 0.717) is 34.7 Å². The molecule has 9 heteroatoms. The molecule has 0 fully saturated rings. The Morgan fingerprint density at radius 2 is 2.00 bits per heavy atom. The number of rotatable bonds is 8. The largest absolute Gasteiger partial charge is 0.504 e. The Balaban J connectivity index is 2.11. The van der Waals surface area contributed by atoms with Crippen LogP contribution < -0.4 is 10.1 Å². The van der Waals surface area contributed by atoms with Crippen LogP contribution in [0.25, 0.3) is 0 Å². The molecular formula is C25H31NO7S. The third-order valence-corrected chi connectivity index (χ3v) is 7.03. The van der Waals surface area contributed by atoms with E-state index in [2.05, 4.69) is 5.32 Å². The second kappa shape index (κ2) is 11.0. The van der Waals surface area contributed by atoms with E-state index < -0.39 is 29.6 Å². The van der Waals surface area contributed by atoms with Gasteiger partial charge in [-0.1, -0.05) is 19.9 Å². The molecule has 0 saturated carbocycles. The zero-order valence-corrected chi connectivity index (χ0v) is 20.9. The van der Waals surface area contributed by atoms with Gasteiger partial charge >= 0.3 is 11.9 Å². The molecule has 3 atom stereocenters. The van der Waals surface area contributed by atoms with Crippen LogP contribution in [0.15, 0.2) is 40.7 Å². The second-order valence-corrected chi connectivity index (χ2v) is 9.69. The average molecular weight is 490 g/mol. The number of hydrogen-bond donors (Lipinski definition) is 2. The summed E-state index contributed by atoms with van der Waals surface area (Å²) < 4.78 is 15.6. The number of phenols is 1. The fourth-order valence-corrected chi connectivity index (χ4v) is 5.08. The van der Waals surface area contributed by atoms with Crippen LogP contribution in [0.3, 0.4) is 0 Å². The Morgan fingerprint density at radius 1 is 1.26 bits per heavy atom. The van der Waals surface area contributed by atoms with Gasteiger partial charge in [-0.2, -0.15) is 11.8 Å². The van der Waals surface area contributed by atoms with Crippen LogP contribution in [-0.4, -0.2) is 55.2 Å². The highest BCUT2D eigenvalue weighted by atomic mass is 32.2. The summed E-state index contributed by atoms with van der Waals surface area (Å²) in [5.74, 6) is -1.89. The predicted octanol–water partition coefficient (Wildman–Crippen LogP) is 3.31. The number of ether oxygens (including phenoxy) is 3. The lowest BCUT2D eigenvalue weighted by Crippen LogP contribution is -2.43. The number of thioether (sulfide) groups is 1. The third kappa shape index (κ3) is 4.94. The lowest BCUT2D eigenvalue weighted by atomic mass is 9.69. The van der Waals surface area contributed by atoms with Gasteiger partial charge in [-0.3, -0.25) is 9.59 Å². The number of ketones is 1. The zero-order chi connectivity index (χ0) is 25.0. The normalized spacial score (nSPS) is 22.1. The van der Waals surface area contributed by atoms with Gasteiger partial charge in [0.1, 0.15) is 12.5 Å². The van der Waals surface area contributed by atoms with Gasteiger partial charge in [0.15, 0.2) is 17.3 Å². The van der Waals surface area contributed by atoms with Gasteiger partial charge in [0.05, 0.1) is 19.8 Å². The standard InChI is InChI=1S/C25H31NO7S/c1-6-34-10-9-33-25(30)20-14(3)26-16-11-13(2)19(24(29)32-5)23(28)22(16)21(20)15-7-8-18(31-4)17(27)12-15/h7-8,12-13,19,21,26-27H,6,9-11H2,1-5H3/t13-,19+,21+/m1/s1. The second-order valence-electron chi connectivity index (χ2n) is 8.30. The molecule has 0 aromatic heterocycles. The maximum atomic E-state index is 13.7. The van der Waals surface area contributed by atoms with Crippen molar-refractivity contribution in [3.05, 3.63) is 46.3 Å². The van der Waals surface area contributed by atoms with Crippen molar-refractivity contribution in [3.8, 4) is 11.5 Å². The molecule has 0 radical (unpaired) electrons. The van der Waals surface area contributed by atoms with Crippen molar-refractivity contribution in [1.82, 2.24) is 5.32 Å². The highest BCUT2D eigenvalue weighted by Gasteiger charge is 2.47. The number of allylic oxidation sites excluding steroid dienone is 3. The molecule has 0 unspecified atom stereocenters. The molecule has 184 valence electrons. The average Bonchev–Trinajstić information content (AvgIpc) is 2.80. The first kappa shape index (κ1) is 25.7. The van der Waals surface area contributed by atoms with E-state index in [0.717, 1.165) is 5.75 Å². The number of nitrogens with one attached hydrogen (secondary N) is 1. The van der Waals surface area contributed by atoms with Crippen LogP contribution >= 0.6 is 11.8 Å². The minimum atomic E-state index is -0.975. The quantitative estimate of drug-likeness (QED) is 0.323. The molecule has 1 aliphatic heterocycles. The van der Waals surface area contributed by atoms with Crippen LogP contribution in [0, 0.1) is 11.8 Å². The van der Waals surface area contributed by atoms with E-state index >= 15 is 0 Å². The molecule has 2 aliphatic rings. The number of phenolic OH excluding ortho intramolecular Hbond substituents is 1. The first-order valence-electron chi connectivity index (χ1n) is 11.2. The number of Topliss-reactive ketones (excluding diaryl/α,β-unsaturated/α-hetero) is 1. The Kier molecular flexibility index (Phi) is 8.30. The minimum Gasteiger partial charge on any atom is -0.504 e. The number of esters is 2. The van der Waals surface area contributed by atoms with Gasteiger partial charge < -0.3 is 24.6 Å². The summed E-state index contributed by atoms with van der Waals surface area (Å²) >= 11 is 1.65. The van der Waals surface area contributed by atoms with Crippen molar-refractivity contribution >= 4 is 29.5 Å². The summed E-state index contributed by atoms with van der Waals surface area (Å²) in [4.78, 5) is 39.4. The van der Waals surface area contributed by atoms with Crippen LogP contribution in [0.1, 0.15) is 38.7 Å². The van der Waals surface area contributed by atoms with E-state index in [4.69, 9.17) is 14.2 Å². The van der Waals surface area contributed by atoms with Gasteiger partial charge in [0.25, 0.3) is 0 Å². The number of carbonyl (C=O) groups is 3. The minimum absolute atomic E-state index is 0.119. The lowest BCUT2D eigenvalue weighted by Gasteiger charge is -2.38. The van der Waals surface area contributed by atoms with Gasteiger partial charge in [-0.15, -0.1) is 0 Å². The zero-order valence-electron chi connectivity index (χ0n) is 20.1. The molecule has 34 heavy (non-hydrogen) atoms. The summed E-state index contributed by atoms with van der Waals surface area (Å²) in [6.07, 6.45) is 0.437. The number of methoxy groups -OCH3 is 2. The fraction of sp³-hybridized carbons (Fsp3) is 0.480. The molecule has 0 bridgehead atoms. The molecule has 1 aliphatic carbocycles. The number of benzene rings is 1. The monoisotopic (exact) mass is 489 g/mol. The Morgan fingerprint density at radius 3 is 2.62 bits per heavy atom. The van der Waals surface area contributed by atoms with Crippen molar-refractivity contribution in [2.75, 3.05) is 32.3 Å². The Hall–Kier alpha value is -2.94. The first-order valence-corrected chi connectivity index (χ1v) is 12.3. The van der Waals surface area contributed by atoms with E-state index in [1.54, 1.807) is 30.8 Å². The molecule has 0 spiro atoms. The molecule has 0 amide bonds. The summed E-state index contributed by atoms with van der Waals surface area (Å²) in [5, 5.41) is 13.7. The fourth-order valence-electron chi connectivity index (χ4n) is 4.59. The van der Waals surface area contributed by atoms with Crippen LogP contribution in [0.2, 0.25) is 0 Å². The molecule has 1 heterocycles. The first-order chi connectivity index (χ1) is 16.2. The summed E-state index contributed by atoms with van der Waals surface area (Å²) in [5.41, 5.74) is 2.35. The molecule has 0 saturated heterocycles. The topological polar surface area (TPSA) is 111 Å². The van der Waals surface area contributed by atoms with Crippen LogP contribution in [-0.2, 0) is 23.9 Å². The van der Waals surface area contributed by atoms with E-state index in [-0.39, 0.29) is 29.6 Å². The lowest BCUT2D eigenvalue weighted by molar-refractivity contribution is -0.151. The van der Waals surface area contributed by atoms with E-state index in [9.17, 15) is 19.5 Å². The van der Waals surface area contributed by atoms with Crippen molar-refractivity contribution in [2.45, 2.75) is 33.1 Å². The highest BCUT2D eigenvalue weighted by molar-refractivity contribution is 7.99. The maximum Gasteiger partial charge on any atom is 0.336 e. The number of dihydropyridines is 1. The smallest absolute Gasteiger partial charge is 0.336 e. The SMILES string of the molecule is CCSCCOC(=O)C1=C(C)NC2=C(C(=O)[C@@H](C(=O)OC)[C@H](C)C2)[C@H]1c1ccc(OC)c(O)c1. The van der Waals surface area contributed by atoms with Gasteiger partial charge in [-0.05, 0) is 42.7 Å². The highest BCUT2D eigenvalue weighted by Crippen LogP contribution is 2.46. The number of aromatic hydroxyl groups is 1. The van der Waals surface area contributed by atoms with Crippen molar-refractivity contribution < 1.29 is 33.7 Å². The maximum absolute atomic E-state index is 13.7. The van der Waals surface area contributed by atoms with E-state index in [1.165, 1.54) is 20.3 Å². The molecule has 2 N–H and O–H groups in total. The van der Waals surface area contributed by atoms with Crippen LogP contribution in [0.5, 0.6) is 11.5 Å². The van der Waals surface area contributed by atoms with Gasteiger partial charge in [-0.25, -0.2) is 4.79 Å². The summed E-state index contributed by atoms with van der Waals surface area (Å²) in [6.45, 7) is 5.85. The third-order valence-electron chi connectivity index (χ3n) is 6.16. The van der Waals surface area contributed by atoms with Crippen molar-refractivity contribution in [2.24, 2.45) is 11.8 Å². The van der Waals surface area contributed by atoms with Crippen LogP contribution in [0.4, 0.5) is 0 Å². The molecule has 8 nitrogen and oxygen atoms in total.